The van der Waals surface area contributed by atoms with Crippen LogP contribution in [0.15, 0.2) is 30.1 Å². The third kappa shape index (κ3) is 3.82. The van der Waals surface area contributed by atoms with E-state index >= 15 is 0 Å². The highest BCUT2D eigenvalue weighted by Gasteiger charge is 2.71. The maximum Gasteiger partial charge on any atom is 0.352 e. The number of nitriles is 1. The number of hydrogen-bond acceptors (Lipinski definition) is 8. The van der Waals surface area contributed by atoms with Crippen molar-refractivity contribution >= 4 is 18.0 Å². The fraction of sp³-hybridized carbons (Fsp3) is 0.594. The first-order chi connectivity index (χ1) is 20.1. The average Bonchev–Trinajstić information content (AvgIpc) is 3.68. The van der Waals surface area contributed by atoms with Gasteiger partial charge in [0.1, 0.15) is 6.07 Å². The van der Waals surface area contributed by atoms with Crippen LogP contribution in [0.2, 0.25) is 0 Å². The van der Waals surface area contributed by atoms with Gasteiger partial charge in [0.2, 0.25) is 11.5 Å². The Hall–Kier alpha value is -3.58. The largest absolute Gasteiger partial charge is 0.447 e. The van der Waals surface area contributed by atoms with Crippen LogP contribution in [0.5, 0.6) is 0 Å². The van der Waals surface area contributed by atoms with Crippen molar-refractivity contribution < 1.29 is 28.6 Å². The summed E-state index contributed by atoms with van der Waals surface area (Å²) < 4.78 is 26.7. The number of ether oxygens (including phenoxy) is 2. The number of rotatable bonds is 5. The van der Waals surface area contributed by atoms with Crippen LogP contribution in [0.1, 0.15) is 70.1 Å². The third-order valence-electron chi connectivity index (χ3n) is 11.3. The van der Waals surface area contributed by atoms with Crippen LogP contribution in [0, 0.1) is 51.8 Å². The SMILES string of the molecule is C[C@]12Cc3cnn(-c4ccc(F)nc4)c3C=C1CC[C@@H]1C2[C@@H](O)C[C@@]2(C)C1CC[C@]2(OC(=O)C1CC1)C(=O)OCC#N. The molecule has 0 aromatic carbocycles. The molecule has 2 aromatic heterocycles. The second-order valence-corrected chi connectivity index (χ2v) is 13.4. The number of aliphatic hydroxyl groups is 1. The Morgan fingerprint density at radius 2 is 2.02 bits per heavy atom. The van der Waals surface area contributed by atoms with Crippen LogP contribution < -0.4 is 0 Å². The number of aromatic nitrogens is 3. The Labute approximate surface area is 243 Å². The first kappa shape index (κ1) is 27.3. The summed E-state index contributed by atoms with van der Waals surface area (Å²) in [6.45, 7) is 3.80. The number of carbonyl (C=O) groups is 2. The summed E-state index contributed by atoms with van der Waals surface area (Å²) in [5.74, 6) is -1.68. The highest BCUT2D eigenvalue weighted by Crippen LogP contribution is 2.68. The summed E-state index contributed by atoms with van der Waals surface area (Å²) in [5.41, 5.74) is 1.31. The van der Waals surface area contributed by atoms with Crippen LogP contribution in [-0.2, 0) is 25.5 Å². The van der Waals surface area contributed by atoms with E-state index in [1.54, 1.807) is 10.7 Å². The molecule has 42 heavy (non-hydrogen) atoms. The second-order valence-electron chi connectivity index (χ2n) is 13.4. The van der Waals surface area contributed by atoms with Gasteiger partial charge in [-0.1, -0.05) is 19.4 Å². The van der Waals surface area contributed by atoms with Gasteiger partial charge < -0.3 is 14.6 Å². The Morgan fingerprint density at radius 1 is 1.21 bits per heavy atom. The quantitative estimate of drug-likeness (QED) is 0.413. The normalized spacial score (nSPS) is 36.4. The predicted octanol–water partition coefficient (Wildman–Crippen LogP) is 4.32. The van der Waals surface area contributed by atoms with Crippen LogP contribution in [0.3, 0.4) is 0 Å². The fourth-order valence-electron chi connectivity index (χ4n) is 9.20. The van der Waals surface area contributed by atoms with Gasteiger partial charge in [-0.25, -0.2) is 14.5 Å². The summed E-state index contributed by atoms with van der Waals surface area (Å²) in [4.78, 5) is 30.4. The van der Waals surface area contributed by atoms with Crippen molar-refractivity contribution in [3.05, 3.63) is 47.3 Å². The summed E-state index contributed by atoms with van der Waals surface area (Å²) in [6.07, 6.45) is 9.95. The summed E-state index contributed by atoms with van der Waals surface area (Å²) in [6, 6.07) is 4.84. The lowest BCUT2D eigenvalue weighted by atomic mass is 9.45. The molecule has 0 radical (unpaired) electrons. The Balaban J connectivity index is 1.22. The zero-order valence-electron chi connectivity index (χ0n) is 23.9. The molecule has 0 aliphatic heterocycles. The lowest BCUT2D eigenvalue weighted by molar-refractivity contribution is -0.214. The average molecular weight is 575 g/mol. The molecule has 5 aliphatic carbocycles. The molecule has 7 atom stereocenters. The van der Waals surface area contributed by atoms with Gasteiger partial charge in [0, 0.05) is 5.41 Å². The van der Waals surface area contributed by atoms with E-state index in [0.717, 1.165) is 36.9 Å². The zero-order chi connectivity index (χ0) is 29.4. The van der Waals surface area contributed by atoms with E-state index in [1.165, 1.54) is 17.8 Å². The van der Waals surface area contributed by atoms with Crippen LogP contribution in [0.25, 0.3) is 11.8 Å². The van der Waals surface area contributed by atoms with E-state index in [9.17, 15) is 19.1 Å². The first-order valence-electron chi connectivity index (χ1n) is 15.0. The van der Waals surface area contributed by atoms with Gasteiger partial charge in [0.15, 0.2) is 6.61 Å². The van der Waals surface area contributed by atoms with Crippen molar-refractivity contribution in [3.8, 4) is 11.8 Å². The lowest BCUT2D eigenvalue weighted by Crippen LogP contribution is -2.63. The van der Waals surface area contributed by atoms with Gasteiger partial charge in [0.25, 0.3) is 0 Å². The van der Waals surface area contributed by atoms with E-state index in [-0.39, 0.29) is 35.1 Å². The van der Waals surface area contributed by atoms with Crippen molar-refractivity contribution in [3.63, 3.8) is 0 Å². The van der Waals surface area contributed by atoms with Gasteiger partial charge in [-0.05, 0) is 98.3 Å². The smallest absolute Gasteiger partial charge is 0.352 e. The number of hydrogen-bond donors (Lipinski definition) is 1. The summed E-state index contributed by atoms with van der Waals surface area (Å²) >= 11 is 0. The van der Waals surface area contributed by atoms with Gasteiger partial charge in [-0.2, -0.15) is 14.8 Å². The van der Waals surface area contributed by atoms with E-state index in [4.69, 9.17) is 14.7 Å². The van der Waals surface area contributed by atoms with Crippen molar-refractivity contribution in [2.45, 2.75) is 76.9 Å². The monoisotopic (exact) mass is 574 g/mol. The molecule has 2 unspecified atom stereocenters. The standard InChI is InChI=1S/C32H35FN4O5/c1-30-14-19-16-36-37(21-6-8-26(33)35-17-21)24(19)13-20(30)5-7-22-23-9-10-32(29(40)41-12-11-34,42-28(39)18-3-4-18)31(23,2)15-25(38)27(22)30/h6,8,13,16-18,22-23,25,27,38H,3-5,7,9-10,12,14-15H2,1-2H3/t22-,23?,25-,27?,30-,31-,32-/m0/s1. The van der Waals surface area contributed by atoms with Crippen molar-refractivity contribution in [2.24, 2.45) is 34.5 Å². The molecule has 4 saturated carbocycles. The number of allylic oxidation sites excluding steroid dienone is 1. The number of pyridine rings is 1. The van der Waals surface area contributed by atoms with Crippen LogP contribution in [-0.4, -0.2) is 50.1 Å². The maximum atomic E-state index is 13.6. The van der Waals surface area contributed by atoms with E-state index in [1.807, 2.05) is 19.2 Å². The minimum atomic E-state index is -1.51. The second kappa shape index (κ2) is 9.46. The summed E-state index contributed by atoms with van der Waals surface area (Å²) in [5, 5.41) is 25.7. The zero-order valence-corrected chi connectivity index (χ0v) is 23.9. The highest BCUT2D eigenvalue weighted by molar-refractivity contribution is 5.86. The molecule has 0 amide bonds. The molecule has 10 heteroatoms. The van der Waals surface area contributed by atoms with Gasteiger partial charge in [-0.3, -0.25) is 4.79 Å². The fourth-order valence-corrected chi connectivity index (χ4v) is 9.20. The molecule has 5 aliphatic rings. The minimum Gasteiger partial charge on any atom is -0.447 e. The number of fused-ring (bicyclic) bond motifs is 6. The Kier molecular flexibility index (Phi) is 6.14. The van der Waals surface area contributed by atoms with E-state index < -0.39 is 35.6 Å². The van der Waals surface area contributed by atoms with Crippen molar-refractivity contribution in [1.29, 1.82) is 5.26 Å². The van der Waals surface area contributed by atoms with Crippen LogP contribution in [0.4, 0.5) is 4.39 Å². The number of nitrogens with zero attached hydrogens (tertiary/aromatic N) is 4. The molecule has 1 N–H and O–H groups in total. The molecular weight excluding hydrogens is 539 g/mol. The predicted molar refractivity (Wildman–Crippen MR) is 147 cm³/mol. The molecule has 0 spiro atoms. The lowest BCUT2D eigenvalue weighted by Gasteiger charge is -2.60. The van der Waals surface area contributed by atoms with Crippen molar-refractivity contribution in [1.82, 2.24) is 14.8 Å². The molecule has 2 heterocycles. The summed E-state index contributed by atoms with van der Waals surface area (Å²) in [7, 11) is 0. The Bertz CT molecular complexity index is 1530. The number of aliphatic hydroxyl groups excluding tert-OH is 1. The molecule has 0 saturated heterocycles. The third-order valence-corrected chi connectivity index (χ3v) is 11.3. The van der Waals surface area contributed by atoms with Gasteiger partial charge in [0.05, 0.1) is 35.8 Å². The molecule has 7 rings (SSSR count). The van der Waals surface area contributed by atoms with Crippen LogP contribution >= 0.6 is 0 Å². The molecule has 9 nitrogen and oxygen atoms in total. The highest BCUT2D eigenvalue weighted by atomic mass is 19.1. The molecule has 2 aromatic rings. The van der Waals surface area contributed by atoms with Gasteiger partial charge in [-0.15, -0.1) is 0 Å². The van der Waals surface area contributed by atoms with Crippen molar-refractivity contribution in [2.75, 3.05) is 6.61 Å². The Morgan fingerprint density at radius 3 is 2.74 bits per heavy atom. The number of halogens is 1. The molecular formula is C32H35FN4O5. The first-order valence-corrected chi connectivity index (χ1v) is 15.0. The number of esters is 2. The number of carbonyl (C=O) groups excluding carboxylic acids is 2. The van der Waals surface area contributed by atoms with E-state index in [2.05, 4.69) is 23.1 Å². The minimum absolute atomic E-state index is 0.0420. The maximum absolute atomic E-state index is 13.6. The topological polar surface area (TPSA) is 127 Å². The molecule has 0 bridgehead atoms. The van der Waals surface area contributed by atoms with Gasteiger partial charge >= 0.3 is 11.9 Å². The molecule has 220 valence electrons. The van der Waals surface area contributed by atoms with E-state index in [0.29, 0.717) is 31.4 Å². The molecule has 4 fully saturated rings.